The van der Waals surface area contributed by atoms with Gasteiger partial charge >= 0.3 is 11.9 Å². The van der Waals surface area contributed by atoms with Crippen LogP contribution in [-0.2, 0) is 0 Å². The Morgan fingerprint density at radius 1 is 0.842 bits per heavy atom. The van der Waals surface area contributed by atoms with Crippen LogP contribution in [0.5, 0.6) is 0 Å². The molecular formula is C2H11N9O8. The third-order valence-electron chi connectivity index (χ3n) is 0.220. The molecule has 19 heavy (non-hydrogen) atoms. The fraction of sp³-hybridized carbons (Fsp3) is 0. The number of hydrogen-bond acceptors (Lipinski definition) is 8. The second-order valence-corrected chi connectivity index (χ2v) is 1.77. The molecule has 0 radical (unpaired) electrons. The largest absolute Gasteiger partial charge is 0.401 e. The molecule has 0 saturated heterocycles. The van der Waals surface area contributed by atoms with Crippen molar-refractivity contribution in [1.29, 1.82) is 0 Å². The maximum atomic E-state index is 9.32. The monoisotopic (exact) mass is 289 g/mol. The summed E-state index contributed by atoms with van der Waals surface area (Å²) < 4.78 is 0. The number of nitro groups is 1. The van der Waals surface area contributed by atoms with Crippen molar-refractivity contribution < 1.29 is 26.0 Å². The molecule has 0 bridgehead atoms. The zero-order chi connectivity index (χ0) is 16.6. The van der Waals surface area contributed by atoms with Crippen LogP contribution in [0.3, 0.4) is 0 Å². The molecule has 11 N–H and O–H groups in total. The molecule has 0 aromatic rings. The highest BCUT2D eigenvalue weighted by Crippen LogP contribution is 1.47. The predicted molar refractivity (Wildman–Crippen MR) is 57.3 cm³/mol. The van der Waals surface area contributed by atoms with E-state index in [1.54, 1.807) is 0 Å². The van der Waals surface area contributed by atoms with E-state index < -0.39 is 21.2 Å². The molecule has 0 atom stereocenters. The number of nitrogens with zero attached hydrogens (tertiary/aromatic N) is 3. The zero-order valence-corrected chi connectivity index (χ0v) is 8.99. The summed E-state index contributed by atoms with van der Waals surface area (Å²) in [6.07, 6.45) is 0. The highest BCUT2D eigenvalue weighted by molar-refractivity contribution is 5.69. The maximum absolute atomic E-state index is 9.32. The number of nitrogens with one attached hydrogen (secondary N) is 1. The minimum atomic E-state index is -1.75. The summed E-state index contributed by atoms with van der Waals surface area (Å²) in [5.41, 5.74) is 15.3. The molecule has 0 saturated carbocycles. The Morgan fingerprint density at radius 2 is 1.00 bits per heavy atom. The standard InChI is InChI=1S/CH4N4O2.CH5N3.2NO3/c2-1(3)4-5(6)7;3*2-1(3)4/h(H4,2,3,4);(H5,2,3,4);;/q;;2*-1/p+2. The molecule has 0 aromatic carbocycles. The van der Waals surface area contributed by atoms with Crippen molar-refractivity contribution in [3.63, 3.8) is 0 Å². The summed E-state index contributed by atoms with van der Waals surface area (Å²) in [4.78, 5) is 25.8. The first-order chi connectivity index (χ1) is 8.32. The molecule has 17 heteroatoms. The summed E-state index contributed by atoms with van der Waals surface area (Å²) in [6, 6.07) is 0. The summed E-state index contributed by atoms with van der Waals surface area (Å²) in [6.45, 7) is 0. The molecule has 112 valence electrons. The van der Waals surface area contributed by atoms with Gasteiger partial charge in [0.15, 0.2) is 0 Å². The van der Waals surface area contributed by atoms with Crippen LogP contribution in [0.1, 0.15) is 0 Å². The van der Waals surface area contributed by atoms with Gasteiger partial charge in [-0.1, -0.05) is 0 Å². The molecule has 0 rings (SSSR count). The lowest BCUT2D eigenvalue weighted by Crippen LogP contribution is -2.56. The Kier molecular flexibility index (Phi) is 21.6. The van der Waals surface area contributed by atoms with E-state index >= 15 is 0 Å². The van der Waals surface area contributed by atoms with E-state index in [-0.39, 0.29) is 5.96 Å². The minimum Gasteiger partial charge on any atom is -0.356 e. The van der Waals surface area contributed by atoms with Crippen LogP contribution in [0.2, 0.25) is 0 Å². The summed E-state index contributed by atoms with van der Waals surface area (Å²) in [7, 11) is 0. The van der Waals surface area contributed by atoms with Crippen molar-refractivity contribution in [2.75, 3.05) is 0 Å². The topological polar surface area (TPSA) is 317 Å². The third-order valence-corrected chi connectivity index (χ3v) is 0.220. The van der Waals surface area contributed by atoms with Crippen molar-refractivity contribution in [3.05, 3.63) is 40.8 Å². The van der Waals surface area contributed by atoms with Gasteiger partial charge in [0, 0.05) is 5.43 Å². The average Bonchev–Trinajstić information content (AvgIpc) is 1.95. The predicted octanol–water partition coefficient (Wildman–Crippen LogP) is -6.62. The molecule has 0 unspecified atom stereocenters. The number of rotatable bonds is 1. The molecule has 0 aliphatic carbocycles. The van der Waals surface area contributed by atoms with Crippen LogP contribution in [0.25, 0.3) is 0 Å². The van der Waals surface area contributed by atoms with Crippen LogP contribution in [-0.4, -0.2) is 27.1 Å². The fourth-order valence-corrected chi connectivity index (χ4v) is 0.105. The molecular weight excluding hydrogens is 278 g/mol. The lowest BCUT2D eigenvalue weighted by Gasteiger charge is -1.78. The van der Waals surface area contributed by atoms with Crippen molar-refractivity contribution in [2.24, 2.45) is 17.2 Å². The molecule has 0 amide bonds. The van der Waals surface area contributed by atoms with E-state index in [1.165, 1.54) is 5.43 Å². The normalized spacial score (nSPS) is 6.53. The third kappa shape index (κ3) is 18900. The van der Waals surface area contributed by atoms with Gasteiger partial charge in [-0.05, 0) is 0 Å². The molecule has 0 spiro atoms. The summed E-state index contributed by atoms with van der Waals surface area (Å²) >= 11 is 0. The lowest BCUT2D eigenvalue weighted by molar-refractivity contribution is -0.530. The number of hydrazine groups is 1. The van der Waals surface area contributed by atoms with Crippen molar-refractivity contribution >= 4 is 11.9 Å². The van der Waals surface area contributed by atoms with E-state index in [0.717, 1.165) is 0 Å². The van der Waals surface area contributed by atoms with E-state index in [4.69, 9.17) is 30.6 Å². The van der Waals surface area contributed by atoms with Gasteiger partial charge < -0.3 is 30.6 Å². The van der Waals surface area contributed by atoms with Crippen LogP contribution < -0.4 is 33.4 Å². The van der Waals surface area contributed by atoms with E-state index in [9.17, 15) is 10.1 Å². The molecule has 0 aliphatic heterocycles. The Hall–Kier alpha value is -3.66. The first-order valence-electron chi connectivity index (χ1n) is 3.38. The maximum Gasteiger partial charge on any atom is 0.401 e. The van der Waals surface area contributed by atoms with Crippen molar-refractivity contribution in [2.45, 2.75) is 0 Å². The van der Waals surface area contributed by atoms with Crippen LogP contribution in [0.4, 0.5) is 0 Å². The Morgan fingerprint density at radius 3 is 1.00 bits per heavy atom. The smallest absolute Gasteiger partial charge is 0.356 e. The van der Waals surface area contributed by atoms with Gasteiger partial charge in [0.1, 0.15) is 0 Å². The molecule has 0 heterocycles. The van der Waals surface area contributed by atoms with E-state index in [1.807, 2.05) is 0 Å². The van der Waals surface area contributed by atoms with Crippen LogP contribution in [0.15, 0.2) is 0 Å². The highest BCUT2D eigenvalue weighted by Gasteiger charge is 2.00. The molecule has 0 aliphatic rings. The van der Waals surface area contributed by atoms with E-state index in [2.05, 4.69) is 28.0 Å². The van der Waals surface area contributed by atoms with Gasteiger partial charge in [-0.3, -0.25) is 28.0 Å². The first-order valence-corrected chi connectivity index (χ1v) is 3.38. The number of guanidine groups is 2. The second kappa shape index (κ2) is 16.8. The Balaban J connectivity index is -0.0000000825. The highest BCUT2D eigenvalue weighted by atomic mass is 16.9. The van der Waals surface area contributed by atoms with Crippen LogP contribution >= 0.6 is 0 Å². The van der Waals surface area contributed by atoms with Gasteiger partial charge in [0.05, 0.1) is 10.2 Å². The van der Waals surface area contributed by atoms with Crippen molar-refractivity contribution in [3.8, 4) is 0 Å². The van der Waals surface area contributed by atoms with Crippen LogP contribution in [0, 0.1) is 40.8 Å². The van der Waals surface area contributed by atoms with Gasteiger partial charge in [-0.25, -0.2) is 10.1 Å². The van der Waals surface area contributed by atoms with Gasteiger partial charge in [-0.15, -0.1) is 0 Å². The first kappa shape index (κ1) is 24.5. The average molecular weight is 289 g/mol. The summed E-state index contributed by atoms with van der Waals surface area (Å²) in [5, 5.41) is 47.2. The number of hydrogen-bond donors (Lipinski definition) is 6. The summed E-state index contributed by atoms with van der Waals surface area (Å²) in [5.74, 6) is -0.495. The fourth-order valence-electron chi connectivity index (χ4n) is 0.105. The van der Waals surface area contributed by atoms with Gasteiger partial charge in [-0.2, -0.15) is 0 Å². The minimum absolute atomic E-state index is 0.0833. The van der Waals surface area contributed by atoms with Crippen molar-refractivity contribution in [1.82, 2.24) is 5.43 Å². The Labute approximate surface area is 102 Å². The zero-order valence-electron chi connectivity index (χ0n) is 8.99. The lowest BCUT2D eigenvalue weighted by atomic mass is 11.1. The number of nitrogens with two attached hydrogens (primary N) is 5. The Bertz CT molecular complexity index is 261. The molecule has 0 aromatic heterocycles. The van der Waals surface area contributed by atoms with Gasteiger partial charge in [0.25, 0.3) is 0 Å². The SMILES string of the molecule is NC(=[NH2+])N[N+](=O)[O-].NC(N)=[NH2+].O=[N+]([O-])[O-].O=[N+]([O-])[O-]. The molecule has 17 nitrogen and oxygen atoms in total. The molecule has 0 fully saturated rings. The second-order valence-electron chi connectivity index (χ2n) is 1.77. The van der Waals surface area contributed by atoms with Gasteiger partial charge in [0.2, 0.25) is 5.03 Å². The quantitative estimate of drug-likeness (QED) is 0.113. The van der Waals surface area contributed by atoms with E-state index in [0.29, 0.717) is 0 Å².